The summed E-state index contributed by atoms with van der Waals surface area (Å²) in [5, 5.41) is 10.7. The predicted octanol–water partition coefficient (Wildman–Crippen LogP) is 2.59. The molecule has 0 radical (unpaired) electrons. The van der Waals surface area contributed by atoms with E-state index in [0.717, 1.165) is 54.8 Å². The van der Waals surface area contributed by atoms with Crippen molar-refractivity contribution < 1.29 is 9.84 Å². The van der Waals surface area contributed by atoms with E-state index >= 15 is 0 Å². The molecule has 1 aromatic carbocycles. The van der Waals surface area contributed by atoms with Gasteiger partial charge in [-0.2, -0.15) is 0 Å². The predicted molar refractivity (Wildman–Crippen MR) is 84.5 cm³/mol. The number of hydrogen-bond acceptors (Lipinski definition) is 4. The SMILES string of the molecule is COCC1CCN(c2nc3ccccc3cc2CO)CC1. The highest BCUT2D eigenvalue weighted by molar-refractivity contribution is 5.81. The molecule has 1 aliphatic heterocycles. The molecular formula is C17H22N2O2. The van der Waals surface area contributed by atoms with Crippen molar-refractivity contribution in [3.8, 4) is 0 Å². The third kappa shape index (κ3) is 3.01. The topological polar surface area (TPSA) is 45.6 Å². The molecule has 21 heavy (non-hydrogen) atoms. The Morgan fingerprint density at radius 2 is 2.05 bits per heavy atom. The minimum absolute atomic E-state index is 0.0329. The summed E-state index contributed by atoms with van der Waals surface area (Å²) in [7, 11) is 1.77. The number of anilines is 1. The zero-order valence-electron chi connectivity index (χ0n) is 12.5. The van der Waals surface area contributed by atoms with Crippen molar-refractivity contribution in [3.63, 3.8) is 0 Å². The van der Waals surface area contributed by atoms with E-state index < -0.39 is 0 Å². The number of ether oxygens (including phenoxy) is 1. The van der Waals surface area contributed by atoms with E-state index in [9.17, 15) is 5.11 Å². The van der Waals surface area contributed by atoms with Crippen LogP contribution in [-0.4, -0.2) is 36.9 Å². The van der Waals surface area contributed by atoms with Crippen molar-refractivity contribution in [3.05, 3.63) is 35.9 Å². The van der Waals surface area contributed by atoms with Gasteiger partial charge in [0.25, 0.3) is 0 Å². The zero-order valence-corrected chi connectivity index (χ0v) is 12.5. The summed E-state index contributed by atoms with van der Waals surface area (Å²) in [6.45, 7) is 2.83. The molecule has 0 spiro atoms. The molecule has 0 bridgehead atoms. The van der Waals surface area contributed by atoms with Crippen molar-refractivity contribution in [1.82, 2.24) is 4.98 Å². The Hall–Kier alpha value is -1.65. The number of benzene rings is 1. The normalized spacial score (nSPS) is 16.6. The molecule has 4 heteroatoms. The Balaban J connectivity index is 1.86. The molecule has 1 saturated heterocycles. The van der Waals surface area contributed by atoms with Crippen LogP contribution in [0.25, 0.3) is 10.9 Å². The van der Waals surface area contributed by atoms with Gasteiger partial charge in [-0.15, -0.1) is 0 Å². The van der Waals surface area contributed by atoms with Crippen LogP contribution in [0.5, 0.6) is 0 Å². The number of aromatic nitrogens is 1. The molecule has 3 rings (SSSR count). The third-order valence-electron chi connectivity index (χ3n) is 4.27. The molecule has 0 unspecified atom stereocenters. The highest BCUT2D eigenvalue weighted by Gasteiger charge is 2.22. The van der Waals surface area contributed by atoms with Crippen LogP contribution in [0, 0.1) is 5.92 Å². The van der Waals surface area contributed by atoms with Crippen LogP contribution in [0.2, 0.25) is 0 Å². The molecule has 0 aliphatic carbocycles. The maximum Gasteiger partial charge on any atom is 0.134 e. The summed E-state index contributed by atoms with van der Waals surface area (Å²) in [6.07, 6.45) is 2.24. The Bertz CT molecular complexity index is 607. The Morgan fingerprint density at radius 1 is 1.29 bits per heavy atom. The van der Waals surface area contributed by atoms with Gasteiger partial charge in [-0.05, 0) is 30.9 Å². The number of pyridine rings is 1. The van der Waals surface area contributed by atoms with Gasteiger partial charge in [-0.1, -0.05) is 18.2 Å². The lowest BCUT2D eigenvalue weighted by Gasteiger charge is -2.33. The number of piperidine rings is 1. The molecule has 2 aromatic rings. The fraction of sp³-hybridized carbons (Fsp3) is 0.471. The van der Waals surface area contributed by atoms with Crippen molar-refractivity contribution in [2.75, 3.05) is 31.7 Å². The first kappa shape index (κ1) is 14.3. The van der Waals surface area contributed by atoms with E-state index in [-0.39, 0.29) is 6.61 Å². The number of rotatable bonds is 4. The van der Waals surface area contributed by atoms with Gasteiger partial charge in [0.1, 0.15) is 5.82 Å². The second-order valence-electron chi connectivity index (χ2n) is 5.71. The van der Waals surface area contributed by atoms with Gasteiger partial charge in [0, 0.05) is 37.8 Å². The van der Waals surface area contributed by atoms with Gasteiger partial charge < -0.3 is 14.7 Å². The van der Waals surface area contributed by atoms with Crippen molar-refractivity contribution >= 4 is 16.7 Å². The summed E-state index contributed by atoms with van der Waals surface area (Å²) in [4.78, 5) is 7.07. The first-order chi connectivity index (χ1) is 10.3. The summed E-state index contributed by atoms with van der Waals surface area (Å²) >= 11 is 0. The number of methoxy groups -OCH3 is 1. The molecule has 1 N–H and O–H groups in total. The van der Waals surface area contributed by atoms with Crippen LogP contribution < -0.4 is 4.90 Å². The van der Waals surface area contributed by atoms with Crippen molar-refractivity contribution in [2.45, 2.75) is 19.4 Å². The number of hydrogen-bond donors (Lipinski definition) is 1. The average molecular weight is 286 g/mol. The van der Waals surface area contributed by atoms with Crippen LogP contribution in [-0.2, 0) is 11.3 Å². The molecule has 2 heterocycles. The molecule has 1 aromatic heterocycles. The summed E-state index contributed by atoms with van der Waals surface area (Å²) in [6, 6.07) is 10.1. The van der Waals surface area contributed by atoms with Gasteiger partial charge in [0.2, 0.25) is 0 Å². The maximum absolute atomic E-state index is 9.66. The molecule has 0 atom stereocenters. The highest BCUT2D eigenvalue weighted by Crippen LogP contribution is 2.27. The van der Waals surface area contributed by atoms with E-state index in [1.54, 1.807) is 7.11 Å². The lowest BCUT2D eigenvalue weighted by atomic mass is 9.97. The monoisotopic (exact) mass is 286 g/mol. The van der Waals surface area contributed by atoms with Crippen molar-refractivity contribution in [2.24, 2.45) is 5.92 Å². The number of aliphatic hydroxyl groups is 1. The van der Waals surface area contributed by atoms with Gasteiger partial charge in [-0.25, -0.2) is 4.98 Å². The molecular weight excluding hydrogens is 264 g/mol. The van der Waals surface area contributed by atoms with Gasteiger partial charge in [-0.3, -0.25) is 0 Å². The summed E-state index contributed by atoms with van der Waals surface area (Å²) < 4.78 is 5.25. The molecule has 0 amide bonds. The van der Waals surface area contributed by atoms with Gasteiger partial charge in [0.05, 0.1) is 12.1 Å². The molecule has 0 saturated carbocycles. The number of nitrogens with zero attached hydrogens (tertiary/aromatic N) is 2. The van der Waals surface area contributed by atoms with Crippen LogP contribution in [0.1, 0.15) is 18.4 Å². The van der Waals surface area contributed by atoms with E-state index in [4.69, 9.17) is 9.72 Å². The second kappa shape index (κ2) is 6.41. The molecule has 1 fully saturated rings. The van der Waals surface area contributed by atoms with Gasteiger partial charge in [0.15, 0.2) is 0 Å². The second-order valence-corrected chi connectivity index (χ2v) is 5.71. The number of para-hydroxylation sites is 1. The average Bonchev–Trinajstić information content (AvgIpc) is 2.54. The molecule has 1 aliphatic rings. The minimum atomic E-state index is 0.0329. The Kier molecular flexibility index (Phi) is 4.36. The molecule has 112 valence electrons. The maximum atomic E-state index is 9.66. The third-order valence-corrected chi connectivity index (χ3v) is 4.27. The Labute approximate surface area is 125 Å². The minimum Gasteiger partial charge on any atom is -0.392 e. The largest absolute Gasteiger partial charge is 0.392 e. The van der Waals surface area contributed by atoms with Crippen LogP contribution in [0.15, 0.2) is 30.3 Å². The lowest BCUT2D eigenvalue weighted by Crippen LogP contribution is -2.36. The van der Waals surface area contributed by atoms with E-state index in [1.807, 2.05) is 24.3 Å². The van der Waals surface area contributed by atoms with E-state index in [0.29, 0.717) is 5.92 Å². The fourth-order valence-corrected chi connectivity index (χ4v) is 3.09. The molecule has 4 nitrogen and oxygen atoms in total. The van der Waals surface area contributed by atoms with E-state index in [2.05, 4.69) is 11.0 Å². The van der Waals surface area contributed by atoms with Crippen LogP contribution in [0.3, 0.4) is 0 Å². The fourth-order valence-electron chi connectivity index (χ4n) is 3.09. The smallest absolute Gasteiger partial charge is 0.134 e. The van der Waals surface area contributed by atoms with E-state index in [1.165, 1.54) is 0 Å². The Morgan fingerprint density at radius 3 is 2.76 bits per heavy atom. The standard InChI is InChI=1S/C17H22N2O2/c1-21-12-13-6-8-19(9-7-13)17-15(11-20)10-14-4-2-3-5-16(14)18-17/h2-5,10,13,20H,6-9,11-12H2,1H3. The quantitative estimate of drug-likeness (QED) is 0.938. The van der Waals surface area contributed by atoms with Crippen LogP contribution >= 0.6 is 0 Å². The zero-order chi connectivity index (χ0) is 14.7. The van der Waals surface area contributed by atoms with Gasteiger partial charge >= 0.3 is 0 Å². The summed E-state index contributed by atoms with van der Waals surface area (Å²) in [5.74, 6) is 1.58. The first-order valence-corrected chi connectivity index (χ1v) is 7.55. The lowest BCUT2D eigenvalue weighted by molar-refractivity contribution is 0.139. The van der Waals surface area contributed by atoms with Crippen molar-refractivity contribution in [1.29, 1.82) is 0 Å². The number of aliphatic hydroxyl groups excluding tert-OH is 1. The summed E-state index contributed by atoms with van der Waals surface area (Å²) in [5.41, 5.74) is 1.91. The highest BCUT2D eigenvalue weighted by atomic mass is 16.5. The van der Waals surface area contributed by atoms with Crippen LogP contribution in [0.4, 0.5) is 5.82 Å². The first-order valence-electron chi connectivity index (χ1n) is 7.55. The number of fused-ring (bicyclic) bond motifs is 1.